The van der Waals surface area contributed by atoms with Crippen LogP contribution in [0.5, 0.6) is 5.75 Å². The monoisotopic (exact) mass is 430 g/mol. The number of hydrogen-bond acceptors (Lipinski definition) is 6. The number of aromatic carboxylic acids is 1. The molecule has 0 aliphatic heterocycles. The number of thioether (sulfide) groups is 1. The van der Waals surface area contributed by atoms with Crippen LogP contribution in [0.25, 0.3) is 10.2 Å². The number of aromatic nitrogens is 2. The minimum atomic E-state index is -0.951. The highest BCUT2D eigenvalue weighted by Gasteiger charge is 2.23. The number of hydrogen-bond donors (Lipinski definition) is 2. The third-order valence-corrected chi connectivity index (χ3v) is 7.15. The number of ether oxygens (including phenoxy) is 1. The van der Waals surface area contributed by atoms with Crippen molar-refractivity contribution in [3.63, 3.8) is 0 Å². The number of benzene rings is 1. The van der Waals surface area contributed by atoms with Gasteiger partial charge in [0.1, 0.15) is 10.6 Å². The Bertz CT molecular complexity index is 1090. The molecular weight excluding hydrogens is 408 g/mol. The molecule has 8 heteroatoms. The van der Waals surface area contributed by atoms with Crippen LogP contribution in [-0.2, 0) is 12.8 Å². The first-order valence-electron chi connectivity index (χ1n) is 9.65. The van der Waals surface area contributed by atoms with Gasteiger partial charge in [-0.05, 0) is 61.4 Å². The normalized spacial score (nSPS) is 16.0. The number of thiophene rings is 1. The molecule has 29 heavy (non-hydrogen) atoms. The van der Waals surface area contributed by atoms with E-state index in [-0.39, 0.29) is 11.1 Å². The van der Waals surface area contributed by atoms with Gasteiger partial charge in [0.25, 0.3) is 5.56 Å². The average Bonchev–Trinajstić information content (AvgIpc) is 3.05. The topological polar surface area (TPSA) is 92.3 Å². The number of rotatable bonds is 7. The molecule has 0 radical (unpaired) electrons. The Hall–Kier alpha value is -2.32. The summed E-state index contributed by atoms with van der Waals surface area (Å²) in [6.07, 6.45) is 3.93. The van der Waals surface area contributed by atoms with Crippen LogP contribution < -0.4 is 10.3 Å². The van der Waals surface area contributed by atoms with Crippen molar-refractivity contribution in [1.29, 1.82) is 0 Å². The van der Waals surface area contributed by atoms with Gasteiger partial charge in [-0.15, -0.1) is 11.3 Å². The fraction of sp³-hybridized carbons (Fsp3) is 0.381. The highest BCUT2D eigenvalue weighted by molar-refractivity contribution is 7.99. The van der Waals surface area contributed by atoms with Crippen LogP contribution in [0.15, 0.2) is 34.2 Å². The first-order valence-corrected chi connectivity index (χ1v) is 11.4. The third-order valence-electron chi connectivity index (χ3n) is 5.04. The van der Waals surface area contributed by atoms with Crippen LogP contribution in [-0.4, -0.2) is 33.4 Å². The number of carbonyl (C=O) groups is 1. The second-order valence-corrected chi connectivity index (χ2v) is 9.45. The summed E-state index contributed by atoms with van der Waals surface area (Å²) in [5.74, 6) is 1.13. The lowest BCUT2D eigenvalue weighted by molar-refractivity contribution is 0.0697. The maximum atomic E-state index is 12.6. The van der Waals surface area contributed by atoms with Crippen LogP contribution in [0.4, 0.5) is 0 Å². The molecular formula is C21H22N2O4S2. The van der Waals surface area contributed by atoms with Gasteiger partial charge in [-0.2, -0.15) is 0 Å². The molecule has 0 saturated carbocycles. The second kappa shape index (κ2) is 8.59. The van der Waals surface area contributed by atoms with E-state index in [2.05, 4.69) is 16.9 Å². The zero-order valence-electron chi connectivity index (χ0n) is 16.1. The van der Waals surface area contributed by atoms with E-state index < -0.39 is 5.97 Å². The number of aromatic amines is 1. The van der Waals surface area contributed by atoms with Gasteiger partial charge in [-0.25, -0.2) is 9.78 Å². The maximum absolute atomic E-state index is 12.6. The Labute approximate surface area is 176 Å². The largest absolute Gasteiger partial charge is 0.494 e. The van der Waals surface area contributed by atoms with E-state index in [1.54, 1.807) is 23.5 Å². The van der Waals surface area contributed by atoms with Crippen molar-refractivity contribution >= 4 is 39.3 Å². The molecule has 0 bridgehead atoms. The standard InChI is InChI=1S/C21H22N2O4S2/c1-12-3-8-15-16(11-12)29-19-17(15)18(24)22-21(23-19)28-10-2-9-27-14-6-4-13(5-7-14)20(25)26/h4-7,12H,2-3,8-11H2,1H3,(H,25,26)(H,22,23,24). The van der Waals surface area contributed by atoms with Crippen molar-refractivity contribution in [3.05, 3.63) is 50.6 Å². The molecule has 2 aromatic heterocycles. The number of carboxylic acids is 1. The summed E-state index contributed by atoms with van der Waals surface area (Å²) < 4.78 is 5.64. The molecule has 4 rings (SSSR count). The quantitative estimate of drug-likeness (QED) is 0.329. The van der Waals surface area contributed by atoms with Crippen molar-refractivity contribution < 1.29 is 14.6 Å². The van der Waals surface area contributed by atoms with E-state index in [0.717, 1.165) is 41.7 Å². The van der Waals surface area contributed by atoms with Crippen molar-refractivity contribution in [2.75, 3.05) is 12.4 Å². The molecule has 2 heterocycles. The number of fused-ring (bicyclic) bond motifs is 3. The summed E-state index contributed by atoms with van der Waals surface area (Å²) in [5.41, 5.74) is 1.41. The molecule has 1 aromatic carbocycles. The van der Waals surface area contributed by atoms with Gasteiger partial charge in [-0.1, -0.05) is 18.7 Å². The highest BCUT2D eigenvalue weighted by Crippen LogP contribution is 2.36. The zero-order chi connectivity index (χ0) is 20.4. The first kappa shape index (κ1) is 20.0. The summed E-state index contributed by atoms with van der Waals surface area (Å²) in [6, 6.07) is 6.36. The highest BCUT2D eigenvalue weighted by atomic mass is 32.2. The van der Waals surface area contributed by atoms with Crippen molar-refractivity contribution in [2.45, 2.75) is 37.8 Å². The first-order chi connectivity index (χ1) is 14.0. The lowest BCUT2D eigenvalue weighted by Crippen LogP contribution is -2.13. The summed E-state index contributed by atoms with van der Waals surface area (Å²) in [6.45, 7) is 2.77. The average molecular weight is 431 g/mol. The Morgan fingerprint density at radius 3 is 2.93 bits per heavy atom. The summed E-state index contributed by atoms with van der Waals surface area (Å²) >= 11 is 3.18. The van der Waals surface area contributed by atoms with Crippen LogP contribution in [0.3, 0.4) is 0 Å². The predicted molar refractivity (Wildman–Crippen MR) is 116 cm³/mol. The van der Waals surface area contributed by atoms with E-state index in [1.165, 1.54) is 34.3 Å². The number of carboxylic acid groups (broad SMARTS) is 1. The lowest BCUT2D eigenvalue weighted by Gasteiger charge is -2.17. The SMILES string of the molecule is CC1CCc2c(sc3nc(SCCCOc4ccc(C(=O)O)cc4)[nH]c(=O)c23)C1. The molecule has 3 aromatic rings. The van der Waals surface area contributed by atoms with Gasteiger partial charge in [0.05, 0.1) is 17.6 Å². The molecule has 0 spiro atoms. The molecule has 1 atom stereocenters. The van der Waals surface area contributed by atoms with E-state index in [9.17, 15) is 9.59 Å². The molecule has 0 saturated heterocycles. The molecule has 2 N–H and O–H groups in total. The van der Waals surface area contributed by atoms with Crippen LogP contribution >= 0.6 is 23.1 Å². The summed E-state index contributed by atoms with van der Waals surface area (Å²) in [4.78, 5) is 33.2. The molecule has 1 aliphatic carbocycles. The smallest absolute Gasteiger partial charge is 0.335 e. The minimum Gasteiger partial charge on any atom is -0.494 e. The van der Waals surface area contributed by atoms with E-state index in [4.69, 9.17) is 9.84 Å². The van der Waals surface area contributed by atoms with Gasteiger partial charge in [0.15, 0.2) is 5.16 Å². The van der Waals surface area contributed by atoms with Crippen LogP contribution in [0, 0.1) is 5.92 Å². The minimum absolute atomic E-state index is 0.0284. The fourth-order valence-corrected chi connectivity index (χ4v) is 5.73. The molecule has 1 unspecified atom stereocenters. The summed E-state index contributed by atoms with van der Waals surface area (Å²) in [5, 5.41) is 10.3. The van der Waals surface area contributed by atoms with Crippen molar-refractivity contribution in [1.82, 2.24) is 9.97 Å². The van der Waals surface area contributed by atoms with Crippen molar-refractivity contribution in [3.8, 4) is 5.75 Å². The number of nitrogens with one attached hydrogen (secondary N) is 1. The number of aryl methyl sites for hydroxylation is 1. The number of nitrogens with zero attached hydrogens (tertiary/aromatic N) is 1. The molecule has 0 amide bonds. The molecule has 1 aliphatic rings. The van der Waals surface area contributed by atoms with Gasteiger partial charge in [0.2, 0.25) is 0 Å². The van der Waals surface area contributed by atoms with Gasteiger partial charge in [0, 0.05) is 10.6 Å². The Balaban J connectivity index is 1.33. The molecule has 6 nitrogen and oxygen atoms in total. The summed E-state index contributed by atoms with van der Waals surface area (Å²) in [7, 11) is 0. The van der Waals surface area contributed by atoms with E-state index in [1.807, 2.05) is 0 Å². The molecule has 152 valence electrons. The third kappa shape index (κ3) is 4.48. The van der Waals surface area contributed by atoms with Gasteiger partial charge < -0.3 is 14.8 Å². The Morgan fingerprint density at radius 2 is 2.17 bits per heavy atom. The maximum Gasteiger partial charge on any atom is 0.335 e. The Morgan fingerprint density at radius 1 is 1.38 bits per heavy atom. The Kier molecular flexibility index (Phi) is 5.91. The lowest BCUT2D eigenvalue weighted by atomic mass is 9.89. The van der Waals surface area contributed by atoms with E-state index >= 15 is 0 Å². The molecule has 0 fully saturated rings. The van der Waals surface area contributed by atoms with Crippen LogP contribution in [0.2, 0.25) is 0 Å². The van der Waals surface area contributed by atoms with Crippen molar-refractivity contribution in [2.24, 2.45) is 5.92 Å². The zero-order valence-corrected chi connectivity index (χ0v) is 17.7. The van der Waals surface area contributed by atoms with Crippen LogP contribution in [0.1, 0.15) is 40.6 Å². The van der Waals surface area contributed by atoms with Gasteiger partial charge >= 0.3 is 5.97 Å². The van der Waals surface area contributed by atoms with Gasteiger partial charge in [-0.3, -0.25) is 4.79 Å². The van der Waals surface area contributed by atoms with E-state index in [0.29, 0.717) is 23.4 Å². The predicted octanol–water partition coefficient (Wildman–Crippen LogP) is 4.37. The number of H-pyrrole nitrogens is 1. The fourth-order valence-electron chi connectivity index (χ4n) is 3.51. The second-order valence-electron chi connectivity index (χ2n) is 7.28.